The largest absolute Gasteiger partial charge is 0.374 e. The summed E-state index contributed by atoms with van der Waals surface area (Å²) in [6.45, 7) is 3.42. The van der Waals surface area contributed by atoms with Gasteiger partial charge in [0.1, 0.15) is 12.1 Å². The van der Waals surface area contributed by atoms with Crippen LogP contribution in [-0.4, -0.2) is 35.2 Å². The highest BCUT2D eigenvalue weighted by molar-refractivity contribution is 5.86. The van der Waals surface area contributed by atoms with Crippen molar-refractivity contribution in [2.24, 2.45) is 4.99 Å². The van der Waals surface area contributed by atoms with Gasteiger partial charge in [-0.2, -0.15) is 0 Å². The van der Waals surface area contributed by atoms with Gasteiger partial charge in [-0.1, -0.05) is 30.3 Å². The number of aliphatic imine (C=N–C) groups is 1. The Morgan fingerprint density at radius 1 is 1.40 bits per heavy atom. The van der Waals surface area contributed by atoms with E-state index in [0.29, 0.717) is 0 Å². The Morgan fingerprint density at radius 3 is 2.80 bits per heavy atom. The van der Waals surface area contributed by atoms with Crippen molar-refractivity contribution in [2.75, 3.05) is 13.1 Å². The number of rotatable bonds is 3. The lowest BCUT2D eigenvalue weighted by Crippen LogP contribution is -2.36. The third kappa shape index (κ3) is 2.36. The zero-order valence-electron chi connectivity index (χ0n) is 8.93. The first-order valence-electron chi connectivity index (χ1n) is 5.29. The number of hydrogen-bond donors (Lipinski definition) is 1. The maximum absolute atomic E-state index is 9.55. The molecule has 1 aliphatic rings. The predicted octanol–water partition coefficient (Wildman–Crippen LogP) is 1.28. The minimum absolute atomic E-state index is 0.435. The Hall–Kier alpha value is -1.35. The number of amidine groups is 1. The summed E-state index contributed by atoms with van der Waals surface area (Å²) in [7, 11) is 0. The molecule has 1 unspecified atom stereocenters. The van der Waals surface area contributed by atoms with Gasteiger partial charge < -0.3 is 10.0 Å². The van der Waals surface area contributed by atoms with Gasteiger partial charge in [0.05, 0.1) is 6.54 Å². The van der Waals surface area contributed by atoms with Gasteiger partial charge in [-0.05, 0) is 12.5 Å². The Kier molecular flexibility index (Phi) is 3.02. The van der Waals surface area contributed by atoms with Crippen molar-refractivity contribution < 1.29 is 5.11 Å². The van der Waals surface area contributed by atoms with E-state index in [-0.39, 0.29) is 0 Å². The highest BCUT2D eigenvalue weighted by Gasteiger charge is 2.20. The standard InChI is InChI=1S/C12H16N2O/c1-10(15)14-8-7-13-12(14)9-11-5-3-2-4-6-11/h2-6,10,15H,7-9H2,1H3. The summed E-state index contributed by atoms with van der Waals surface area (Å²) in [6, 6.07) is 10.2. The fraction of sp³-hybridized carbons (Fsp3) is 0.417. The van der Waals surface area contributed by atoms with E-state index in [0.717, 1.165) is 25.3 Å². The van der Waals surface area contributed by atoms with E-state index < -0.39 is 6.23 Å². The van der Waals surface area contributed by atoms with Crippen molar-refractivity contribution in [2.45, 2.75) is 19.6 Å². The number of hydrogen-bond acceptors (Lipinski definition) is 3. The monoisotopic (exact) mass is 204 g/mol. The van der Waals surface area contributed by atoms with Crippen molar-refractivity contribution in [3.8, 4) is 0 Å². The van der Waals surface area contributed by atoms with E-state index in [1.165, 1.54) is 5.56 Å². The third-order valence-electron chi connectivity index (χ3n) is 2.62. The second-order valence-electron chi connectivity index (χ2n) is 3.79. The van der Waals surface area contributed by atoms with Crippen LogP contribution in [0, 0.1) is 0 Å². The lowest BCUT2D eigenvalue weighted by molar-refractivity contribution is 0.0771. The lowest BCUT2D eigenvalue weighted by atomic mass is 10.1. The molecule has 1 N–H and O–H groups in total. The molecule has 15 heavy (non-hydrogen) atoms. The van der Waals surface area contributed by atoms with Crippen molar-refractivity contribution >= 4 is 5.84 Å². The normalized spacial score (nSPS) is 17.7. The number of nitrogens with zero attached hydrogens (tertiary/aromatic N) is 2. The first-order valence-corrected chi connectivity index (χ1v) is 5.29. The average molecular weight is 204 g/mol. The Morgan fingerprint density at radius 2 is 2.13 bits per heavy atom. The molecule has 0 spiro atoms. The summed E-state index contributed by atoms with van der Waals surface area (Å²) < 4.78 is 0. The summed E-state index contributed by atoms with van der Waals surface area (Å²) in [5.74, 6) is 0.996. The molecule has 0 radical (unpaired) electrons. The van der Waals surface area contributed by atoms with Gasteiger partial charge in [-0.3, -0.25) is 4.99 Å². The third-order valence-corrected chi connectivity index (χ3v) is 2.62. The van der Waals surface area contributed by atoms with Crippen molar-refractivity contribution in [1.82, 2.24) is 4.90 Å². The number of benzene rings is 1. The zero-order valence-corrected chi connectivity index (χ0v) is 8.93. The highest BCUT2D eigenvalue weighted by atomic mass is 16.3. The molecule has 80 valence electrons. The molecule has 0 aromatic heterocycles. The second kappa shape index (κ2) is 4.45. The Labute approximate surface area is 90.1 Å². The molecule has 2 rings (SSSR count). The van der Waals surface area contributed by atoms with E-state index in [4.69, 9.17) is 0 Å². The molecule has 1 atom stereocenters. The van der Waals surface area contributed by atoms with Gasteiger partial charge in [0.2, 0.25) is 0 Å². The van der Waals surface area contributed by atoms with E-state index >= 15 is 0 Å². The summed E-state index contributed by atoms with van der Waals surface area (Å²) in [5, 5.41) is 9.55. The molecular formula is C12H16N2O. The summed E-state index contributed by atoms with van der Waals surface area (Å²) in [6.07, 6.45) is 0.376. The van der Waals surface area contributed by atoms with E-state index in [1.807, 2.05) is 23.1 Å². The quantitative estimate of drug-likeness (QED) is 0.805. The van der Waals surface area contributed by atoms with Crippen LogP contribution in [0.3, 0.4) is 0 Å². The summed E-state index contributed by atoms with van der Waals surface area (Å²) in [4.78, 5) is 6.37. The van der Waals surface area contributed by atoms with Crippen molar-refractivity contribution in [3.63, 3.8) is 0 Å². The summed E-state index contributed by atoms with van der Waals surface area (Å²) >= 11 is 0. The molecule has 0 aliphatic carbocycles. The van der Waals surface area contributed by atoms with E-state index in [2.05, 4.69) is 17.1 Å². The SMILES string of the molecule is CC(O)N1CCN=C1Cc1ccccc1. The molecule has 0 saturated carbocycles. The van der Waals surface area contributed by atoms with E-state index in [9.17, 15) is 5.11 Å². The molecule has 0 amide bonds. The minimum atomic E-state index is -0.435. The highest BCUT2D eigenvalue weighted by Crippen LogP contribution is 2.10. The molecule has 1 aromatic carbocycles. The van der Waals surface area contributed by atoms with E-state index in [1.54, 1.807) is 6.92 Å². The zero-order chi connectivity index (χ0) is 10.7. The smallest absolute Gasteiger partial charge is 0.125 e. The molecule has 1 aromatic rings. The van der Waals surface area contributed by atoms with Crippen LogP contribution in [0.2, 0.25) is 0 Å². The van der Waals surface area contributed by atoms with Gasteiger partial charge >= 0.3 is 0 Å². The van der Waals surface area contributed by atoms with Gasteiger partial charge in [-0.15, -0.1) is 0 Å². The molecule has 0 fully saturated rings. The molecule has 1 heterocycles. The van der Waals surface area contributed by atoms with Gasteiger partial charge in [-0.25, -0.2) is 0 Å². The topological polar surface area (TPSA) is 35.8 Å². The number of aliphatic hydroxyl groups excluding tert-OH is 1. The fourth-order valence-corrected chi connectivity index (χ4v) is 1.85. The van der Waals surface area contributed by atoms with Crippen LogP contribution in [0.4, 0.5) is 0 Å². The molecule has 3 nitrogen and oxygen atoms in total. The van der Waals surface area contributed by atoms with Gasteiger partial charge in [0, 0.05) is 13.0 Å². The lowest BCUT2D eigenvalue weighted by Gasteiger charge is -2.23. The number of aliphatic hydroxyl groups is 1. The molecule has 0 bridgehead atoms. The second-order valence-corrected chi connectivity index (χ2v) is 3.79. The predicted molar refractivity (Wildman–Crippen MR) is 60.8 cm³/mol. The minimum Gasteiger partial charge on any atom is -0.374 e. The van der Waals surface area contributed by atoms with Crippen LogP contribution in [0.5, 0.6) is 0 Å². The van der Waals surface area contributed by atoms with Crippen LogP contribution in [0.25, 0.3) is 0 Å². The van der Waals surface area contributed by atoms with Crippen LogP contribution >= 0.6 is 0 Å². The Bertz CT molecular complexity index is 346. The average Bonchev–Trinajstić information content (AvgIpc) is 2.67. The van der Waals surface area contributed by atoms with Crippen LogP contribution < -0.4 is 0 Å². The first kappa shape index (κ1) is 10.2. The van der Waals surface area contributed by atoms with Crippen LogP contribution in [-0.2, 0) is 6.42 Å². The fourth-order valence-electron chi connectivity index (χ4n) is 1.85. The molecule has 0 saturated heterocycles. The summed E-state index contributed by atoms with van der Waals surface area (Å²) in [5.41, 5.74) is 1.24. The maximum atomic E-state index is 9.55. The van der Waals surface area contributed by atoms with Gasteiger partial charge in [0.25, 0.3) is 0 Å². The maximum Gasteiger partial charge on any atom is 0.125 e. The molecule has 3 heteroatoms. The van der Waals surface area contributed by atoms with Crippen LogP contribution in [0.15, 0.2) is 35.3 Å². The van der Waals surface area contributed by atoms with Crippen LogP contribution in [0.1, 0.15) is 12.5 Å². The van der Waals surface area contributed by atoms with Crippen molar-refractivity contribution in [3.05, 3.63) is 35.9 Å². The first-order chi connectivity index (χ1) is 7.27. The van der Waals surface area contributed by atoms with Gasteiger partial charge in [0.15, 0.2) is 0 Å². The van der Waals surface area contributed by atoms with Crippen molar-refractivity contribution in [1.29, 1.82) is 0 Å². The Balaban J connectivity index is 2.06. The molecular weight excluding hydrogens is 188 g/mol. The molecule has 1 aliphatic heterocycles.